The minimum absolute atomic E-state index is 0.595. The van der Waals surface area contributed by atoms with Gasteiger partial charge in [0.2, 0.25) is 0 Å². The second-order valence-corrected chi connectivity index (χ2v) is 5.71. The van der Waals surface area contributed by atoms with Crippen LogP contribution in [0.4, 0.5) is 0 Å². The topological polar surface area (TPSA) is 54.8 Å². The van der Waals surface area contributed by atoms with Crippen molar-refractivity contribution in [1.29, 1.82) is 5.26 Å². The maximum Gasteiger partial charge on any atom is 0.137 e. The second-order valence-electron chi connectivity index (χ2n) is 5.71. The lowest BCUT2D eigenvalue weighted by molar-refractivity contribution is 0.669. The molecule has 2 aromatic heterocycles. The smallest absolute Gasteiger partial charge is 0.137 e. The molecule has 0 radical (unpaired) electrons. The SMILES string of the molecule is N#Cc1ccc2c(c1)oc1cc3ncn(-c4ccccc4)c3cc12. The van der Waals surface area contributed by atoms with Gasteiger partial charge in [0.1, 0.15) is 17.5 Å². The Morgan fingerprint density at radius 3 is 2.58 bits per heavy atom. The van der Waals surface area contributed by atoms with E-state index in [4.69, 9.17) is 9.68 Å². The van der Waals surface area contributed by atoms with Crippen LogP contribution in [0.15, 0.2) is 71.4 Å². The molecule has 24 heavy (non-hydrogen) atoms. The van der Waals surface area contributed by atoms with Crippen molar-refractivity contribution < 1.29 is 4.42 Å². The Bertz CT molecular complexity index is 1260. The number of nitriles is 1. The zero-order valence-electron chi connectivity index (χ0n) is 12.6. The van der Waals surface area contributed by atoms with E-state index >= 15 is 0 Å². The van der Waals surface area contributed by atoms with Crippen LogP contribution in [0.25, 0.3) is 38.7 Å². The second kappa shape index (κ2) is 4.71. The molecular formula is C20H11N3O. The van der Waals surface area contributed by atoms with Crippen molar-refractivity contribution >= 4 is 33.0 Å². The highest BCUT2D eigenvalue weighted by Gasteiger charge is 2.12. The van der Waals surface area contributed by atoms with Crippen molar-refractivity contribution in [2.75, 3.05) is 0 Å². The van der Waals surface area contributed by atoms with Gasteiger partial charge in [0.25, 0.3) is 0 Å². The van der Waals surface area contributed by atoms with Crippen molar-refractivity contribution in [1.82, 2.24) is 9.55 Å². The van der Waals surface area contributed by atoms with Gasteiger partial charge in [-0.3, -0.25) is 4.57 Å². The van der Waals surface area contributed by atoms with Gasteiger partial charge in [-0.2, -0.15) is 5.26 Å². The van der Waals surface area contributed by atoms with Crippen LogP contribution in [0.1, 0.15) is 5.56 Å². The lowest BCUT2D eigenvalue weighted by Crippen LogP contribution is -1.90. The summed E-state index contributed by atoms with van der Waals surface area (Å²) < 4.78 is 7.98. The number of nitrogens with zero attached hydrogens (tertiary/aromatic N) is 3. The van der Waals surface area contributed by atoms with Crippen molar-refractivity contribution in [3.8, 4) is 11.8 Å². The van der Waals surface area contributed by atoms with E-state index in [0.29, 0.717) is 5.56 Å². The van der Waals surface area contributed by atoms with Crippen molar-refractivity contribution in [3.63, 3.8) is 0 Å². The Kier molecular flexibility index (Phi) is 2.53. The van der Waals surface area contributed by atoms with Gasteiger partial charge in [0, 0.05) is 22.5 Å². The summed E-state index contributed by atoms with van der Waals surface area (Å²) in [6.07, 6.45) is 1.83. The van der Waals surface area contributed by atoms with Crippen LogP contribution >= 0.6 is 0 Å². The highest BCUT2D eigenvalue weighted by atomic mass is 16.3. The summed E-state index contributed by atoms with van der Waals surface area (Å²) >= 11 is 0. The molecule has 0 bridgehead atoms. The number of fused-ring (bicyclic) bond motifs is 4. The normalized spacial score (nSPS) is 11.3. The first-order chi connectivity index (χ1) is 11.8. The van der Waals surface area contributed by atoms with Crippen molar-refractivity contribution in [3.05, 3.63) is 72.6 Å². The lowest BCUT2D eigenvalue weighted by atomic mass is 10.1. The zero-order chi connectivity index (χ0) is 16.1. The number of rotatable bonds is 1. The van der Waals surface area contributed by atoms with Crippen LogP contribution in [0.2, 0.25) is 0 Å². The van der Waals surface area contributed by atoms with Gasteiger partial charge < -0.3 is 4.42 Å². The van der Waals surface area contributed by atoms with E-state index in [0.717, 1.165) is 38.7 Å². The predicted molar refractivity (Wildman–Crippen MR) is 93.1 cm³/mol. The van der Waals surface area contributed by atoms with Crippen LogP contribution < -0.4 is 0 Å². The van der Waals surface area contributed by atoms with Crippen molar-refractivity contribution in [2.45, 2.75) is 0 Å². The third kappa shape index (κ3) is 1.76. The molecule has 5 aromatic rings. The van der Waals surface area contributed by atoms with Gasteiger partial charge in [-0.15, -0.1) is 0 Å². The molecule has 4 nitrogen and oxygen atoms in total. The summed E-state index contributed by atoms with van der Waals surface area (Å²) in [5.74, 6) is 0. The first kappa shape index (κ1) is 12.9. The van der Waals surface area contributed by atoms with E-state index in [2.05, 4.69) is 33.8 Å². The van der Waals surface area contributed by atoms with Crippen molar-refractivity contribution in [2.24, 2.45) is 0 Å². The van der Waals surface area contributed by atoms with Crippen LogP contribution in [-0.4, -0.2) is 9.55 Å². The molecular weight excluding hydrogens is 298 g/mol. The predicted octanol–water partition coefficient (Wildman–Crippen LogP) is 4.80. The maximum absolute atomic E-state index is 9.05. The van der Waals surface area contributed by atoms with Gasteiger partial charge in [-0.05, 0) is 36.4 Å². The number of hydrogen-bond acceptors (Lipinski definition) is 3. The fraction of sp³-hybridized carbons (Fsp3) is 0. The van der Waals surface area contributed by atoms with Gasteiger partial charge >= 0.3 is 0 Å². The van der Waals surface area contributed by atoms with Crippen LogP contribution in [0.3, 0.4) is 0 Å². The molecule has 0 aliphatic carbocycles. The summed E-state index contributed by atoms with van der Waals surface area (Å²) in [6.45, 7) is 0. The average Bonchev–Trinajstić information content (AvgIpc) is 3.20. The van der Waals surface area contributed by atoms with Crippen LogP contribution in [0.5, 0.6) is 0 Å². The average molecular weight is 309 g/mol. The molecule has 0 spiro atoms. The molecule has 0 fully saturated rings. The van der Waals surface area contributed by atoms with E-state index in [1.54, 1.807) is 6.07 Å². The molecule has 5 rings (SSSR count). The Hall–Kier alpha value is -3.58. The first-order valence-electron chi connectivity index (χ1n) is 7.62. The summed E-state index contributed by atoms with van der Waals surface area (Å²) in [6, 6.07) is 21.9. The Morgan fingerprint density at radius 1 is 0.917 bits per heavy atom. The van der Waals surface area contributed by atoms with Crippen LogP contribution in [-0.2, 0) is 0 Å². The number of para-hydroxylation sites is 1. The zero-order valence-corrected chi connectivity index (χ0v) is 12.6. The Morgan fingerprint density at radius 2 is 1.75 bits per heavy atom. The highest BCUT2D eigenvalue weighted by molar-refractivity contribution is 6.09. The van der Waals surface area contributed by atoms with E-state index in [-0.39, 0.29) is 0 Å². The molecule has 0 aliphatic heterocycles. The standard InChI is InChI=1S/C20H11N3O/c21-11-13-6-7-15-16-9-18-17(10-20(16)24-19(15)8-13)22-12-23(18)14-4-2-1-3-5-14/h1-10,12H. The van der Waals surface area contributed by atoms with Gasteiger partial charge in [0.15, 0.2) is 0 Å². The quantitative estimate of drug-likeness (QED) is 0.447. The number of hydrogen-bond donors (Lipinski definition) is 0. The molecule has 4 heteroatoms. The van der Waals surface area contributed by atoms with Gasteiger partial charge in [-0.25, -0.2) is 4.98 Å². The molecule has 0 amide bonds. The molecule has 3 aromatic carbocycles. The fourth-order valence-electron chi connectivity index (χ4n) is 3.14. The third-order valence-electron chi connectivity index (χ3n) is 4.30. The fourth-order valence-corrected chi connectivity index (χ4v) is 3.14. The summed E-state index contributed by atoms with van der Waals surface area (Å²) in [4.78, 5) is 4.50. The van der Waals surface area contributed by atoms with E-state index < -0.39 is 0 Å². The maximum atomic E-state index is 9.05. The molecule has 0 saturated carbocycles. The van der Waals surface area contributed by atoms with E-state index in [9.17, 15) is 0 Å². The molecule has 112 valence electrons. The minimum atomic E-state index is 0.595. The molecule has 0 aliphatic rings. The molecule has 0 atom stereocenters. The highest BCUT2D eigenvalue weighted by Crippen LogP contribution is 2.33. The number of aromatic nitrogens is 2. The Labute approximate surface area is 137 Å². The summed E-state index contributed by atoms with van der Waals surface area (Å²) in [7, 11) is 0. The Balaban J connectivity index is 1.85. The van der Waals surface area contributed by atoms with E-state index in [1.165, 1.54) is 0 Å². The largest absolute Gasteiger partial charge is 0.456 e. The molecule has 0 unspecified atom stereocenters. The number of imidazole rings is 1. The third-order valence-corrected chi connectivity index (χ3v) is 4.30. The number of benzene rings is 3. The molecule has 0 saturated heterocycles. The molecule has 2 heterocycles. The van der Waals surface area contributed by atoms with Gasteiger partial charge in [-0.1, -0.05) is 18.2 Å². The monoisotopic (exact) mass is 309 g/mol. The molecule has 0 N–H and O–H groups in total. The minimum Gasteiger partial charge on any atom is -0.456 e. The lowest BCUT2D eigenvalue weighted by Gasteiger charge is -2.03. The summed E-state index contributed by atoms with van der Waals surface area (Å²) in [5, 5.41) is 11.1. The summed E-state index contributed by atoms with van der Waals surface area (Å²) in [5.41, 5.74) is 5.08. The van der Waals surface area contributed by atoms with E-state index in [1.807, 2.05) is 42.7 Å². The van der Waals surface area contributed by atoms with Crippen LogP contribution in [0, 0.1) is 11.3 Å². The number of furan rings is 1. The van der Waals surface area contributed by atoms with Gasteiger partial charge in [0.05, 0.1) is 22.7 Å². The first-order valence-corrected chi connectivity index (χ1v) is 7.62.